The molecule has 2 rings (SSSR count). The van der Waals surface area contributed by atoms with E-state index in [4.69, 9.17) is 0 Å². The lowest BCUT2D eigenvalue weighted by Crippen LogP contribution is -2.26. The molecule has 2 aromatic heterocycles. The van der Waals surface area contributed by atoms with Crippen molar-refractivity contribution in [2.45, 2.75) is 20.4 Å². The highest BCUT2D eigenvalue weighted by atomic mass is 32.2. The third-order valence-electron chi connectivity index (χ3n) is 2.84. The molecule has 0 amide bonds. The second-order valence-electron chi connectivity index (χ2n) is 4.41. The Morgan fingerprint density at radius 1 is 1.42 bits per heavy atom. The van der Waals surface area contributed by atoms with E-state index in [0.29, 0.717) is 13.1 Å². The van der Waals surface area contributed by atoms with E-state index in [9.17, 15) is 8.42 Å². The van der Waals surface area contributed by atoms with Gasteiger partial charge in [-0.25, -0.2) is 13.1 Å². The molecule has 0 saturated heterocycles. The summed E-state index contributed by atoms with van der Waals surface area (Å²) < 4.78 is 26.4. The number of hydrogen-bond acceptors (Lipinski definition) is 4. The van der Waals surface area contributed by atoms with Crippen LogP contribution in [-0.2, 0) is 16.6 Å². The van der Waals surface area contributed by atoms with E-state index in [1.54, 1.807) is 11.3 Å². The number of thiophene rings is 1. The van der Waals surface area contributed by atoms with Crippen molar-refractivity contribution in [2.75, 3.05) is 12.8 Å². The van der Waals surface area contributed by atoms with E-state index in [0.717, 1.165) is 23.2 Å². The molecule has 0 radical (unpaired) electrons. The molecule has 2 aromatic rings. The van der Waals surface area contributed by atoms with Crippen LogP contribution in [-0.4, -0.2) is 31.0 Å². The first-order chi connectivity index (χ1) is 8.88. The summed E-state index contributed by atoms with van der Waals surface area (Å²) in [5, 5.41) is 6.51. The lowest BCUT2D eigenvalue weighted by molar-refractivity contribution is 0.558. The molecule has 0 unspecified atom stereocenters. The quantitative estimate of drug-likeness (QED) is 0.915. The molecule has 104 valence electrons. The zero-order valence-electron chi connectivity index (χ0n) is 11.2. The van der Waals surface area contributed by atoms with E-state index < -0.39 is 10.0 Å². The van der Waals surface area contributed by atoms with E-state index in [2.05, 4.69) is 15.9 Å². The minimum Gasteiger partial charge on any atom is -0.268 e. The van der Waals surface area contributed by atoms with Gasteiger partial charge in [-0.05, 0) is 25.3 Å². The van der Waals surface area contributed by atoms with Gasteiger partial charge in [0.1, 0.15) is 0 Å². The fraction of sp³-hybridized carbons (Fsp3) is 0.417. The number of hydrogen-bond donors (Lipinski definition) is 1. The van der Waals surface area contributed by atoms with Crippen molar-refractivity contribution in [3.8, 4) is 10.4 Å². The summed E-state index contributed by atoms with van der Waals surface area (Å²) in [4.78, 5) is 1.19. The Morgan fingerprint density at radius 2 is 2.16 bits per heavy atom. The minimum absolute atomic E-state index is 0.352. The van der Waals surface area contributed by atoms with Crippen molar-refractivity contribution >= 4 is 21.4 Å². The number of nitrogens with one attached hydrogen (secondary N) is 1. The summed E-state index contributed by atoms with van der Waals surface area (Å²) in [7, 11) is -3.14. The average Bonchev–Trinajstić information content (AvgIpc) is 2.87. The van der Waals surface area contributed by atoms with Gasteiger partial charge in [0.15, 0.2) is 0 Å². The Hall–Kier alpha value is -1.18. The number of nitrogens with zero attached hydrogens (tertiary/aromatic N) is 2. The van der Waals surface area contributed by atoms with Gasteiger partial charge in [0.25, 0.3) is 0 Å². The highest BCUT2D eigenvalue weighted by Crippen LogP contribution is 2.30. The van der Waals surface area contributed by atoms with Crippen LogP contribution in [0.25, 0.3) is 10.4 Å². The number of rotatable bonds is 5. The maximum atomic E-state index is 11.0. The van der Waals surface area contributed by atoms with Crippen LogP contribution in [0.1, 0.15) is 11.4 Å². The molecule has 0 aliphatic carbocycles. The fourth-order valence-electron chi connectivity index (χ4n) is 2.03. The fourth-order valence-corrected chi connectivity index (χ4v) is 3.37. The molecule has 0 bridgehead atoms. The average molecular weight is 299 g/mol. The monoisotopic (exact) mass is 299 g/mol. The van der Waals surface area contributed by atoms with Gasteiger partial charge in [-0.2, -0.15) is 5.10 Å². The molecular weight excluding hydrogens is 282 g/mol. The highest BCUT2D eigenvalue weighted by Gasteiger charge is 2.14. The maximum absolute atomic E-state index is 11.0. The van der Waals surface area contributed by atoms with Crippen LogP contribution in [0.2, 0.25) is 0 Å². The van der Waals surface area contributed by atoms with Crippen molar-refractivity contribution in [3.05, 3.63) is 28.9 Å². The lowest BCUT2D eigenvalue weighted by Gasteiger charge is -2.05. The topological polar surface area (TPSA) is 64.0 Å². The molecule has 1 N–H and O–H groups in total. The van der Waals surface area contributed by atoms with Gasteiger partial charge in [0, 0.05) is 22.7 Å². The van der Waals surface area contributed by atoms with Crippen molar-refractivity contribution < 1.29 is 8.42 Å². The van der Waals surface area contributed by atoms with Crippen LogP contribution < -0.4 is 4.72 Å². The molecule has 0 fully saturated rings. The normalized spacial score (nSPS) is 11.9. The van der Waals surface area contributed by atoms with E-state index in [1.807, 2.05) is 30.0 Å². The summed E-state index contributed by atoms with van der Waals surface area (Å²) in [6.07, 6.45) is 1.16. The van der Waals surface area contributed by atoms with E-state index >= 15 is 0 Å². The van der Waals surface area contributed by atoms with Crippen LogP contribution in [0.4, 0.5) is 0 Å². The molecule has 0 atom stereocenters. The first-order valence-corrected chi connectivity index (χ1v) is 8.68. The summed E-state index contributed by atoms with van der Waals surface area (Å²) in [6.45, 7) is 4.87. The Bertz CT molecular complexity index is 657. The van der Waals surface area contributed by atoms with Gasteiger partial charge in [0.2, 0.25) is 10.0 Å². The minimum atomic E-state index is -3.14. The van der Waals surface area contributed by atoms with Crippen molar-refractivity contribution in [3.63, 3.8) is 0 Å². The van der Waals surface area contributed by atoms with Crippen molar-refractivity contribution in [2.24, 2.45) is 0 Å². The molecule has 0 saturated carbocycles. The molecule has 0 spiro atoms. The number of aryl methyl sites for hydroxylation is 1. The van der Waals surface area contributed by atoms with Crippen molar-refractivity contribution in [1.82, 2.24) is 14.5 Å². The molecule has 0 aliphatic rings. The maximum Gasteiger partial charge on any atom is 0.208 e. The lowest BCUT2D eigenvalue weighted by atomic mass is 10.1. The summed E-state index contributed by atoms with van der Waals surface area (Å²) in [6, 6.07) is 4.09. The molecule has 5 nitrogen and oxygen atoms in total. The van der Waals surface area contributed by atoms with E-state index in [-0.39, 0.29) is 0 Å². The second kappa shape index (κ2) is 5.44. The van der Waals surface area contributed by atoms with E-state index in [1.165, 1.54) is 4.88 Å². The van der Waals surface area contributed by atoms with Crippen LogP contribution in [0, 0.1) is 13.8 Å². The Labute approximate surface area is 117 Å². The standard InChI is InChI=1S/C12H17N3O2S2/c1-9-12(11-5-4-8-18-11)10(2)15(14-9)7-6-13-19(3,16)17/h4-5,8,13H,6-7H2,1-3H3. The molecule has 7 heteroatoms. The Morgan fingerprint density at radius 3 is 2.74 bits per heavy atom. The predicted molar refractivity (Wildman–Crippen MR) is 77.9 cm³/mol. The van der Waals surface area contributed by atoms with Crippen LogP contribution in [0.5, 0.6) is 0 Å². The van der Waals surface area contributed by atoms with Gasteiger partial charge < -0.3 is 0 Å². The summed E-state index contributed by atoms with van der Waals surface area (Å²) in [5.74, 6) is 0. The Kier molecular flexibility index (Phi) is 4.07. The molecule has 19 heavy (non-hydrogen) atoms. The summed E-state index contributed by atoms with van der Waals surface area (Å²) >= 11 is 1.68. The highest BCUT2D eigenvalue weighted by molar-refractivity contribution is 7.88. The molecule has 0 aliphatic heterocycles. The Balaban J connectivity index is 2.18. The van der Waals surface area contributed by atoms with Gasteiger partial charge >= 0.3 is 0 Å². The molecule has 2 heterocycles. The predicted octanol–water partition coefficient (Wildman–Crippen LogP) is 1.78. The molecule has 0 aromatic carbocycles. The van der Waals surface area contributed by atoms with Crippen LogP contribution in [0.3, 0.4) is 0 Å². The third-order valence-corrected chi connectivity index (χ3v) is 4.45. The third kappa shape index (κ3) is 3.43. The van der Waals surface area contributed by atoms with Gasteiger partial charge in [-0.1, -0.05) is 6.07 Å². The van der Waals surface area contributed by atoms with Gasteiger partial charge in [-0.3, -0.25) is 4.68 Å². The zero-order valence-corrected chi connectivity index (χ0v) is 12.8. The molecular formula is C12H17N3O2S2. The largest absolute Gasteiger partial charge is 0.268 e. The SMILES string of the molecule is Cc1nn(CCNS(C)(=O)=O)c(C)c1-c1cccs1. The zero-order chi connectivity index (χ0) is 14.0. The van der Waals surface area contributed by atoms with Gasteiger partial charge in [0.05, 0.1) is 18.5 Å². The smallest absolute Gasteiger partial charge is 0.208 e. The van der Waals surface area contributed by atoms with Crippen LogP contribution >= 0.6 is 11.3 Å². The van der Waals surface area contributed by atoms with Crippen LogP contribution in [0.15, 0.2) is 17.5 Å². The first-order valence-electron chi connectivity index (χ1n) is 5.91. The second-order valence-corrected chi connectivity index (χ2v) is 7.19. The van der Waals surface area contributed by atoms with Crippen molar-refractivity contribution in [1.29, 1.82) is 0 Å². The number of sulfonamides is 1. The summed E-state index contributed by atoms with van der Waals surface area (Å²) in [5.41, 5.74) is 3.18. The van der Waals surface area contributed by atoms with Gasteiger partial charge in [-0.15, -0.1) is 11.3 Å². The number of aromatic nitrogens is 2. The first kappa shape index (κ1) is 14.2.